The first-order valence-corrected chi connectivity index (χ1v) is 14.6. The predicted octanol–water partition coefficient (Wildman–Crippen LogP) is 5.49. The molecule has 2 saturated heterocycles. The number of aryl methyl sites for hydroxylation is 2. The molecule has 3 aromatic rings. The number of ether oxygens (including phenoxy) is 2. The number of anilines is 3. The minimum absolute atomic E-state index is 0.0734. The average Bonchev–Trinajstić information content (AvgIpc) is 3.57. The fourth-order valence-corrected chi connectivity index (χ4v) is 6.64. The highest BCUT2D eigenvalue weighted by Gasteiger charge is 2.42. The SMILES string of the molecule is Cc1cc(-c2ccc3c(n2)N(C(=O)Nc2cc(CC[C@H]4COC5(CCCCC5)O4)ccn2)[C@H]2CCN3C2)ccn1. The van der Waals surface area contributed by atoms with Crippen LogP contribution in [-0.4, -0.2) is 58.6 Å². The van der Waals surface area contributed by atoms with Crippen molar-refractivity contribution in [2.45, 2.75) is 76.2 Å². The summed E-state index contributed by atoms with van der Waals surface area (Å²) < 4.78 is 12.5. The van der Waals surface area contributed by atoms with Crippen molar-refractivity contribution in [1.29, 1.82) is 0 Å². The minimum atomic E-state index is -0.342. The monoisotopic (exact) mass is 540 g/mol. The normalized spacial score (nSPS) is 22.9. The summed E-state index contributed by atoms with van der Waals surface area (Å²) in [7, 11) is 0. The fraction of sp³-hybridized carbons (Fsp3) is 0.484. The standard InChI is InChI=1S/C31H36N6O3/c1-21-17-23(10-15-32-21)26-7-8-27-29(34-26)37(24-11-16-36(27)19-24)30(38)35-28-18-22(9-14-33-28)5-6-25-20-39-31(40-25)12-3-2-4-13-31/h7-10,14-15,17-18,24-25H,2-6,11-13,16,19-20H2,1H3,(H,33,35,38)/t24-,25-/m0/s1. The second kappa shape index (κ2) is 10.4. The second-order valence-electron chi connectivity index (χ2n) is 11.5. The quantitative estimate of drug-likeness (QED) is 0.458. The highest BCUT2D eigenvalue weighted by atomic mass is 16.7. The molecule has 40 heavy (non-hydrogen) atoms. The number of fused-ring (bicyclic) bond motifs is 4. The molecule has 2 atom stereocenters. The Balaban J connectivity index is 1.06. The lowest BCUT2D eigenvalue weighted by molar-refractivity contribution is -0.187. The number of hydrogen-bond donors (Lipinski definition) is 1. The summed E-state index contributed by atoms with van der Waals surface area (Å²) in [5.41, 5.74) is 4.87. The Hall–Kier alpha value is -3.56. The van der Waals surface area contributed by atoms with Crippen molar-refractivity contribution >= 4 is 23.4 Å². The highest BCUT2D eigenvalue weighted by molar-refractivity contribution is 6.04. The Kier molecular flexibility index (Phi) is 6.64. The van der Waals surface area contributed by atoms with E-state index in [2.05, 4.69) is 26.3 Å². The van der Waals surface area contributed by atoms with Crippen molar-refractivity contribution in [3.8, 4) is 11.3 Å². The summed E-state index contributed by atoms with van der Waals surface area (Å²) in [5.74, 6) is 0.910. The van der Waals surface area contributed by atoms with Gasteiger partial charge in [0.15, 0.2) is 11.6 Å². The summed E-state index contributed by atoms with van der Waals surface area (Å²) >= 11 is 0. The summed E-state index contributed by atoms with van der Waals surface area (Å²) in [4.78, 5) is 31.7. The molecule has 1 spiro atoms. The van der Waals surface area contributed by atoms with Crippen LogP contribution in [0.2, 0.25) is 0 Å². The van der Waals surface area contributed by atoms with Gasteiger partial charge in [0.1, 0.15) is 5.82 Å². The zero-order valence-electron chi connectivity index (χ0n) is 23.0. The third-order valence-corrected chi connectivity index (χ3v) is 8.71. The molecule has 1 N–H and O–H groups in total. The van der Waals surface area contributed by atoms with E-state index in [4.69, 9.17) is 14.5 Å². The predicted molar refractivity (Wildman–Crippen MR) is 154 cm³/mol. The van der Waals surface area contributed by atoms with Gasteiger partial charge < -0.3 is 14.4 Å². The summed E-state index contributed by atoms with van der Waals surface area (Å²) in [6.45, 7) is 4.36. The van der Waals surface area contributed by atoms with Gasteiger partial charge >= 0.3 is 6.03 Å². The molecular weight excluding hydrogens is 504 g/mol. The number of nitrogens with zero attached hydrogens (tertiary/aromatic N) is 5. The fourth-order valence-electron chi connectivity index (χ4n) is 6.64. The van der Waals surface area contributed by atoms with Gasteiger partial charge in [-0.15, -0.1) is 0 Å². The minimum Gasteiger partial charge on any atom is -0.366 e. The van der Waals surface area contributed by atoms with Crippen molar-refractivity contribution < 1.29 is 14.3 Å². The van der Waals surface area contributed by atoms with Crippen molar-refractivity contribution in [3.05, 3.63) is 60.0 Å². The molecule has 2 bridgehead atoms. The number of urea groups is 1. The highest BCUT2D eigenvalue weighted by Crippen LogP contribution is 2.41. The molecule has 0 unspecified atom stereocenters. The molecule has 7 rings (SSSR count). The van der Waals surface area contributed by atoms with E-state index in [1.54, 1.807) is 12.4 Å². The van der Waals surface area contributed by atoms with Gasteiger partial charge in [0.2, 0.25) is 0 Å². The zero-order chi connectivity index (χ0) is 27.1. The van der Waals surface area contributed by atoms with Crippen LogP contribution in [0.4, 0.5) is 22.1 Å². The van der Waals surface area contributed by atoms with Gasteiger partial charge in [-0.2, -0.15) is 0 Å². The van der Waals surface area contributed by atoms with E-state index in [0.29, 0.717) is 18.2 Å². The van der Waals surface area contributed by atoms with Gasteiger partial charge in [-0.1, -0.05) is 6.42 Å². The van der Waals surface area contributed by atoms with E-state index in [-0.39, 0.29) is 24.0 Å². The summed E-state index contributed by atoms with van der Waals surface area (Å²) in [5, 5.41) is 3.07. The van der Waals surface area contributed by atoms with E-state index in [9.17, 15) is 4.79 Å². The Morgan fingerprint density at radius 3 is 2.85 bits per heavy atom. The number of aromatic nitrogens is 3. The zero-order valence-corrected chi connectivity index (χ0v) is 23.0. The molecule has 1 saturated carbocycles. The van der Waals surface area contributed by atoms with Gasteiger partial charge in [-0.05, 0) is 81.0 Å². The van der Waals surface area contributed by atoms with Crippen LogP contribution >= 0.6 is 0 Å². The lowest BCUT2D eigenvalue weighted by Gasteiger charge is -2.35. The summed E-state index contributed by atoms with van der Waals surface area (Å²) in [6, 6.07) is 11.9. The van der Waals surface area contributed by atoms with Gasteiger partial charge in [0.05, 0.1) is 30.1 Å². The number of amides is 2. The molecule has 208 valence electrons. The average molecular weight is 541 g/mol. The van der Waals surface area contributed by atoms with E-state index in [1.165, 1.54) is 19.3 Å². The first-order valence-electron chi connectivity index (χ1n) is 14.6. The number of rotatable bonds is 5. The number of hydrogen-bond acceptors (Lipinski definition) is 7. The first kappa shape index (κ1) is 25.4. The van der Waals surface area contributed by atoms with Gasteiger partial charge in [-0.25, -0.2) is 14.8 Å². The van der Waals surface area contributed by atoms with Crippen molar-refractivity contribution in [3.63, 3.8) is 0 Å². The first-order chi connectivity index (χ1) is 19.6. The maximum absolute atomic E-state index is 13.7. The van der Waals surface area contributed by atoms with E-state index in [0.717, 1.165) is 73.4 Å². The number of nitrogens with one attached hydrogen (secondary N) is 1. The molecule has 1 aliphatic carbocycles. The molecule has 9 nitrogen and oxygen atoms in total. The molecule has 4 aliphatic rings. The lowest BCUT2D eigenvalue weighted by Crippen LogP contribution is -2.48. The smallest absolute Gasteiger partial charge is 0.329 e. The van der Waals surface area contributed by atoms with Crippen LogP contribution in [0.15, 0.2) is 48.8 Å². The second-order valence-corrected chi connectivity index (χ2v) is 11.5. The van der Waals surface area contributed by atoms with Gasteiger partial charge in [0, 0.05) is 49.6 Å². The molecule has 0 radical (unpaired) electrons. The molecule has 6 heterocycles. The van der Waals surface area contributed by atoms with Gasteiger partial charge in [0.25, 0.3) is 0 Å². The number of carbonyl (C=O) groups excluding carboxylic acids is 1. The molecule has 9 heteroatoms. The van der Waals surface area contributed by atoms with Crippen molar-refractivity contribution in [2.24, 2.45) is 0 Å². The van der Waals surface area contributed by atoms with E-state index >= 15 is 0 Å². The van der Waals surface area contributed by atoms with Crippen LogP contribution in [0.25, 0.3) is 11.3 Å². The Morgan fingerprint density at radius 2 is 1.98 bits per heavy atom. The van der Waals surface area contributed by atoms with Crippen LogP contribution in [0.3, 0.4) is 0 Å². The Bertz CT molecular complexity index is 1410. The van der Waals surface area contributed by atoms with E-state index in [1.807, 2.05) is 42.2 Å². The number of carbonyl (C=O) groups is 1. The van der Waals surface area contributed by atoms with Crippen LogP contribution in [0, 0.1) is 6.92 Å². The molecule has 2 amide bonds. The van der Waals surface area contributed by atoms with Crippen LogP contribution < -0.4 is 15.1 Å². The molecule has 3 aromatic heterocycles. The topological polar surface area (TPSA) is 92.7 Å². The maximum atomic E-state index is 13.7. The third-order valence-electron chi connectivity index (χ3n) is 8.71. The Morgan fingerprint density at radius 1 is 1.10 bits per heavy atom. The number of pyridine rings is 3. The third kappa shape index (κ3) is 4.92. The maximum Gasteiger partial charge on any atom is 0.329 e. The van der Waals surface area contributed by atoms with E-state index < -0.39 is 0 Å². The van der Waals surface area contributed by atoms with Crippen LogP contribution in [0.5, 0.6) is 0 Å². The Labute approximate surface area is 234 Å². The van der Waals surface area contributed by atoms with Crippen LogP contribution in [0.1, 0.15) is 56.2 Å². The van der Waals surface area contributed by atoms with Gasteiger partial charge in [-0.3, -0.25) is 15.2 Å². The van der Waals surface area contributed by atoms with Crippen molar-refractivity contribution in [2.75, 3.05) is 34.8 Å². The molecule has 3 aliphatic heterocycles. The van der Waals surface area contributed by atoms with Crippen molar-refractivity contribution in [1.82, 2.24) is 15.0 Å². The summed E-state index contributed by atoms with van der Waals surface area (Å²) in [6.07, 6.45) is 12.0. The largest absolute Gasteiger partial charge is 0.366 e. The molecular formula is C31H36N6O3. The van der Waals surface area contributed by atoms with Crippen LogP contribution in [-0.2, 0) is 15.9 Å². The molecule has 0 aromatic carbocycles. The molecule has 3 fully saturated rings. The lowest BCUT2D eigenvalue weighted by atomic mass is 9.94.